The SMILES string of the molecule is CCc1ccc(-c2csc(NC(=O)CNC(=O)Cc3cccc(F)c3)n2)cc1. The Morgan fingerprint density at radius 2 is 1.86 bits per heavy atom. The van der Waals surface area contributed by atoms with Crippen LogP contribution in [-0.2, 0) is 22.4 Å². The van der Waals surface area contributed by atoms with Gasteiger partial charge in [0.2, 0.25) is 11.8 Å². The summed E-state index contributed by atoms with van der Waals surface area (Å²) in [5, 5.41) is 7.55. The number of benzene rings is 2. The second-order valence-electron chi connectivity index (χ2n) is 6.22. The van der Waals surface area contributed by atoms with Gasteiger partial charge in [-0.3, -0.25) is 9.59 Å². The van der Waals surface area contributed by atoms with E-state index >= 15 is 0 Å². The summed E-state index contributed by atoms with van der Waals surface area (Å²) < 4.78 is 13.1. The average molecular weight is 397 g/mol. The first kappa shape index (κ1) is 19.7. The highest BCUT2D eigenvalue weighted by Crippen LogP contribution is 2.25. The molecule has 0 spiro atoms. The molecule has 28 heavy (non-hydrogen) atoms. The summed E-state index contributed by atoms with van der Waals surface area (Å²) in [4.78, 5) is 28.3. The van der Waals surface area contributed by atoms with Crippen LogP contribution in [0.1, 0.15) is 18.1 Å². The molecule has 5 nitrogen and oxygen atoms in total. The monoisotopic (exact) mass is 397 g/mol. The Kier molecular flexibility index (Phi) is 6.49. The highest BCUT2D eigenvalue weighted by Gasteiger charge is 2.10. The molecule has 3 aromatic rings. The van der Waals surface area contributed by atoms with Gasteiger partial charge >= 0.3 is 0 Å². The van der Waals surface area contributed by atoms with E-state index in [1.54, 1.807) is 12.1 Å². The zero-order valence-electron chi connectivity index (χ0n) is 15.4. The summed E-state index contributed by atoms with van der Waals surface area (Å²) >= 11 is 1.32. The number of anilines is 1. The van der Waals surface area contributed by atoms with Crippen LogP contribution in [0, 0.1) is 5.82 Å². The number of thiazole rings is 1. The van der Waals surface area contributed by atoms with Gasteiger partial charge < -0.3 is 10.6 Å². The van der Waals surface area contributed by atoms with Crippen molar-refractivity contribution in [2.24, 2.45) is 0 Å². The molecule has 0 aliphatic carbocycles. The van der Waals surface area contributed by atoms with Crippen molar-refractivity contribution in [2.45, 2.75) is 19.8 Å². The Morgan fingerprint density at radius 3 is 2.57 bits per heavy atom. The number of hydrogen-bond acceptors (Lipinski definition) is 4. The maximum Gasteiger partial charge on any atom is 0.245 e. The fourth-order valence-corrected chi connectivity index (χ4v) is 3.35. The normalized spacial score (nSPS) is 10.5. The summed E-state index contributed by atoms with van der Waals surface area (Å²) in [6.07, 6.45) is 0.990. The molecule has 1 aromatic heterocycles. The minimum atomic E-state index is -0.396. The van der Waals surface area contributed by atoms with Gasteiger partial charge in [-0.1, -0.05) is 43.3 Å². The Hall–Kier alpha value is -3.06. The van der Waals surface area contributed by atoms with Gasteiger partial charge in [0.05, 0.1) is 18.7 Å². The van der Waals surface area contributed by atoms with Crippen LogP contribution in [0.5, 0.6) is 0 Å². The number of nitrogens with one attached hydrogen (secondary N) is 2. The Balaban J connectivity index is 1.49. The second kappa shape index (κ2) is 9.23. The fourth-order valence-electron chi connectivity index (χ4n) is 2.61. The minimum Gasteiger partial charge on any atom is -0.347 e. The van der Waals surface area contributed by atoms with E-state index in [4.69, 9.17) is 0 Å². The lowest BCUT2D eigenvalue weighted by Crippen LogP contribution is -2.33. The van der Waals surface area contributed by atoms with Crippen molar-refractivity contribution in [1.82, 2.24) is 10.3 Å². The van der Waals surface area contributed by atoms with Crippen LogP contribution in [0.2, 0.25) is 0 Å². The topological polar surface area (TPSA) is 71.1 Å². The quantitative estimate of drug-likeness (QED) is 0.637. The average Bonchev–Trinajstić information content (AvgIpc) is 3.15. The van der Waals surface area contributed by atoms with E-state index in [-0.39, 0.29) is 24.8 Å². The zero-order valence-corrected chi connectivity index (χ0v) is 16.2. The molecule has 0 radical (unpaired) electrons. The highest BCUT2D eigenvalue weighted by atomic mass is 32.1. The number of halogens is 1. The van der Waals surface area contributed by atoms with E-state index in [9.17, 15) is 14.0 Å². The maximum absolute atomic E-state index is 13.1. The zero-order chi connectivity index (χ0) is 19.9. The van der Waals surface area contributed by atoms with Gasteiger partial charge in [-0.2, -0.15) is 0 Å². The van der Waals surface area contributed by atoms with Gasteiger partial charge in [0.1, 0.15) is 5.82 Å². The molecular weight excluding hydrogens is 377 g/mol. The molecule has 0 saturated heterocycles. The lowest BCUT2D eigenvalue weighted by atomic mass is 10.1. The van der Waals surface area contributed by atoms with Crippen molar-refractivity contribution in [3.63, 3.8) is 0 Å². The molecule has 2 N–H and O–H groups in total. The number of aryl methyl sites for hydroxylation is 1. The smallest absolute Gasteiger partial charge is 0.245 e. The van der Waals surface area contributed by atoms with Crippen molar-refractivity contribution in [3.05, 3.63) is 70.9 Å². The molecule has 2 amide bonds. The number of rotatable bonds is 7. The first-order valence-electron chi connectivity index (χ1n) is 8.89. The molecule has 0 atom stereocenters. The van der Waals surface area contributed by atoms with E-state index in [2.05, 4.69) is 34.7 Å². The molecule has 2 aromatic carbocycles. The number of hydrogen-bond donors (Lipinski definition) is 2. The van der Waals surface area contributed by atoms with Crippen molar-refractivity contribution in [2.75, 3.05) is 11.9 Å². The molecule has 0 unspecified atom stereocenters. The molecule has 0 fully saturated rings. The molecule has 144 valence electrons. The summed E-state index contributed by atoms with van der Waals surface area (Å²) in [6.45, 7) is 1.93. The Labute approximate surface area is 166 Å². The van der Waals surface area contributed by atoms with E-state index in [0.29, 0.717) is 10.7 Å². The van der Waals surface area contributed by atoms with Crippen molar-refractivity contribution in [1.29, 1.82) is 0 Å². The van der Waals surface area contributed by atoms with Gasteiger partial charge in [-0.05, 0) is 29.7 Å². The van der Waals surface area contributed by atoms with Crippen LogP contribution >= 0.6 is 11.3 Å². The Bertz CT molecular complexity index is 970. The highest BCUT2D eigenvalue weighted by molar-refractivity contribution is 7.14. The largest absolute Gasteiger partial charge is 0.347 e. The first-order valence-corrected chi connectivity index (χ1v) is 9.77. The number of amides is 2. The van der Waals surface area contributed by atoms with Crippen LogP contribution in [0.15, 0.2) is 53.9 Å². The number of carbonyl (C=O) groups excluding carboxylic acids is 2. The van der Waals surface area contributed by atoms with E-state index < -0.39 is 5.82 Å². The molecular formula is C21H20FN3O2S. The molecule has 0 aliphatic heterocycles. The number of nitrogens with zero attached hydrogens (tertiary/aromatic N) is 1. The van der Waals surface area contributed by atoms with E-state index in [1.807, 2.05) is 17.5 Å². The summed E-state index contributed by atoms with van der Waals surface area (Å²) in [6, 6.07) is 13.9. The van der Waals surface area contributed by atoms with Gasteiger partial charge in [0.25, 0.3) is 0 Å². The third-order valence-corrected chi connectivity index (χ3v) is 4.87. The predicted octanol–water partition coefficient (Wildman–Crippen LogP) is 3.81. The fraction of sp³-hybridized carbons (Fsp3) is 0.190. The molecule has 0 saturated carbocycles. The van der Waals surface area contributed by atoms with Crippen LogP contribution in [0.25, 0.3) is 11.3 Å². The maximum atomic E-state index is 13.1. The number of aromatic nitrogens is 1. The van der Waals surface area contributed by atoms with Gasteiger partial charge in [-0.15, -0.1) is 11.3 Å². The summed E-state index contributed by atoms with van der Waals surface area (Å²) in [7, 11) is 0. The summed E-state index contributed by atoms with van der Waals surface area (Å²) in [5.74, 6) is -1.11. The Morgan fingerprint density at radius 1 is 1.07 bits per heavy atom. The van der Waals surface area contributed by atoms with Crippen LogP contribution in [-0.4, -0.2) is 23.3 Å². The summed E-state index contributed by atoms with van der Waals surface area (Å²) in [5.41, 5.74) is 3.58. The van der Waals surface area contributed by atoms with Crippen LogP contribution in [0.3, 0.4) is 0 Å². The standard InChI is InChI=1S/C21H20FN3O2S/c1-2-14-6-8-16(9-7-14)18-13-28-21(24-18)25-20(27)12-23-19(26)11-15-4-3-5-17(22)10-15/h3-10,13H,2,11-12H2,1H3,(H,23,26)(H,24,25,27). The van der Waals surface area contributed by atoms with Gasteiger partial charge in [0, 0.05) is 10.9 Å². The molecule has 0 bridgehead atoms. The third-order valence-electron chi connectivity index (χ3n) is 4.11. The van der Waals surface area contributed by atoms with E-state index in [0.717, 1.165) is 17.7 Å². The molecule has 7 heteroatoms. The van der Waals surface area contributed by atoms with Crippen molar-refractivity contribution in [3.8, 4) is 11.3 Å². The first-order chi connectivity index (χ1) is 13.5. The lowest BCUT2D eigenvalue weighted by Gasteiger charge is -2.05. The second-order valence-corrected chi connectivity index (χ2v) is 7.08. The molecule has 0 aliphatic rings. The van der Waals surface area contributed by atoms with Crippen molar-refractivity contribution < 1.29 is 14.0 Å². The molecule has 3 rings (SSSR count). The molecule has 1 heterocycles. The minimum absolute atomic E-state index is 0.0141. The predicted molar refractivity (Wildman–Crippen MR) is 109 cm³/mol. The van der Waals surface area contributed by atoms with E-state index in [1.165, 1.54) is 29.0 Å². The number of carbonyl (C=O) groups is 2. The van der Waals surface area contributed by atoms with Gasteiger partial charge in [-0.25, -0.2) is 9.37 Å². The van der Waals surface area contributed by atoms with Gasteiger partial charge in [0.15, 0.2) is 5.13 Å². The lowest BCUT2D eigenvalue weighted by molar-refractivity contribution is -0.123. The third kappa shape index (κ3) is 5.47. The van der Waals surface area contributed by atoms with Crippen molar-refractivity contribution >= 4 is 28.3 Å². The van der Waals surface area contributed by atoms with Crippen LogP contribution in [0.4, 0.5) is 9.52 Å². The van der Waals surface area contributed by atoms with Crippen LogP contribution < -0.4 is 10.6 Å².